The predicted octanol–water partition coefficient (Wildman–Crippen LogP) is 2.49. The van der Waals surface area contributed by atoms with Gasteiger partial charge in [-0.2, -0.15) is 0 Å². The highest BCUT2D eigenvalue weighted by Gasteiger charge is 2.24. The molecule has 12 heavy (non-hydrogen) atoms. The predicted molar refractivity (Wildman–Crippen MR) is 50.7 cm³/mol. The van der Waals surface area contributed by atoms with E-state index in [4.69, 9.17) is 5.73 Å². The quantitative estimate of drug-likeness (QED) is 0.708. The van der Waals surface area contributed by atoms with E-state index < -0.39 is 0 Å². The molecule has 2 rings (SSSR count). The monoisotopic (exact) mass is 161 g/mol. The Morgan fingerprint density at radius 1 is 1.17 bits per heavy atom. The zero-order chi connectivity index (χ0) is 8.39. The minimum absolute atomic E-state index is 0.278. The van der Waals surface area contributed by atoms with Crippen molar-refractivity contribution < 1.29 is 0 Å². The first kappa shape index (κ1) is 7.81. The number of nitrogens with two attached hydrogens (primary N) is 1. The standard InChI is InChI=1S/C11H15N/c12-11(10-7-4-8-10)9-5-2-1-3-6-9/h1-3,5-6,10-11H,4,7-8,12H2. The van der Waals surface area contributed by atoms with E-state index in [2.05, 4.69) is 24.3 Å². The lowest BCUT2D eigenvalue weighted by atomic mass is 9.78. The second kappa shape index (κ2) is 3.28. The van der Waals surface area contributed by atoms with Gasteiger partial charge in [0, 0.05) is 6.04 Å². The summed E-state index contributed by atoms with van der Waals surface area (Å²) in [6.07, 6.45) is 4.00. The second-order valence-electron chi connectivity index (χ2n) is 3.63. The highest BCUT2D eigenvalue weighted by atomic mass is 14.7. The maximum Gasteiger partial charge on any atom is 0.0323 e. The Morgan fingerprint density at radius 3 is 2.33 bits per heavy atom. The van der Waals surface area contributed by atoms with Crippen LogP contribution in [0.25, 0.3) is 0 Å². The third kappa shape index (κ3) is 1.37. The van der Waals surface area contributed by atoms with Gasteiger partial charge in [-0.05, 0) is 24.3 Å². The summed E-state index contributed by atoms with van der Waals surface area (Å²) in [5, 5.41) is 0. The second-order valence-corrected chi connectivity index (χ2v) is 3.63. The molecule has 1 unspecified atom stereocenters. The van der Waals surface area contributed by atoms with Crippen molar-refractivity contribution in [3.05, 3.63) is 35.9 Å². The van der Waals surface area contributed by atoms with Gasteiger partial charge in [-0.3, -0.25) is 0 Å². The molecule has 2 N–H and O–H groups in total. The SMILES string of the molecule is NC(c1ccccc1)C1CCC1. The topological polar surface area (TPSA) is 26.0 Å². The molecular formula is C11H15N. The zero-order valence-electron chi connectivity index (χ0n) is 7.24. The summed E-state index contributed by atoms with van der Waals surface area (Å²) in [5.74, 6) is 0.743. The van der Waals surface area contributed by atoms with Gasteiger partial charge in [-0.25, -0.2) is 0 Å². The molecule has 1 atom stereocenters. The molecule has 1 fully saturated rings. The van der Waals surface area contributed by atoms with Gasteiger partial charge in [0.05, 0.1) is 0 Å². The number of benzene rings is 1. The van der Waals surface area contributed by atoms with E-state index >= 15 is 0 Å². The summed E-state index contributed by atoms with van der Waals surface area (Å²) in [4.78, 5) is 0. The molecule has 0 bridgehead atoms. The largest absolute Gasteiger partial charge is 0.324 e. The Balaban J connectivity index is 2.08. The Bertz CT molecular complexity index is 238. The van der Waals surface area contributed by atoms with Crippen LogP contribution in [0.5, 0.6) is 0 Å². The summed E-state index contributed by atoms with van der Waals surface area (Å²) in [7, 11) is 0. The van der Waals surface area contributed by atoms with Gasteiger partial charge in [0.1, 0.15) is 0 Å². The number of hydrogen-bond acceptors (Lipinski definition) is 1. The van der Waals surface area contributed by atoms with Gasteiger partial charge in [0.2, 0.25) is 0 Å². The molecule has 64 valence electrons. The molecule has 0 heterocycles. The molecule has 0 aliphatic heterocycles. The van der Waals surface area contributed by atoms with E-state index in [-0.39, 0.29) is 6.04 Å². The van der Waals surface area contributed by atoms with Crippen LogP contribution in [0.3, 0.4) is 0 Å². The Hall–Kier alpha value is -0.820. The molecule has 0 amide bonds. The van der Waals surface area contributed by atoms with Gasteiger partial charge in [-0.1, -0.05) is 36.8 Å². The van der Waals surface area contributed by atoms with Crippen LogP contribution in [0, 0.1) is 5.92 Å². The lowest BCUT2D eigenvalue weighted by molar-refractivity contribution is 0.264. The first-order valence-corrected chi connectivity index (χ1v) is 4.68. The first-order chi connectivity index (χ1) is 5.88. The van der Waals surface area contributed by atoms with Crippen LogP contribution in [0.1, 0.15) is 30.9 Å². The van der Waals surface area contributed by atoms with E-state index in [0.29, 0.717) is 0 Å². The minimum atomic E-state index is 0.278. The van der Waals surface area contributed by atoms with Crippen molar-refractivity contribution in [2.45, 2.75) is 25.3 Å². The smallest absolute Gasteiger partial charge is 0.0323 e. The van der Waals surface area contributed by atoms with Gasteiger partial charge < -0.3 is 5.73 Å². The molecule has 0 aromatic heterocycles. The van der Waals surface area contributed by atoms with Gasteiger partial charge in [0.15, 0.2) is 0 Å². The van der Waals surface area contributed by atoms with Crippen molar-refractivity contribution in [2.75, 3.05) is 0 Å². The number of rotatable bonds is 2. The highest BCUT2D eigenvalue weighted by Crippen LogP contribution is 2.35. The van der Waals surface area contributed by atoms with Crippen molar-refractivity contribution >= 4 is 0 Å². The third-order valence-electron chi connectivity index (χ3n) is 2.84. The van der Waals surface area contributed by atoms with Crippen LogP contribution < -0.4 is 5.73 Å². The summed E-state index contributed by atoms with van der Waals surface area (Å²) in [6.45, 7) is 0. The van der Waals surface area contributed by atoms with Crippen molar-refractivity contribution in [1.29, 1.82) is 0 Å². The van der Waals surface area contributed by atoms with Crippen LogP contribution in [0.2, 0.25) is 0 Å². The Labute approximate surface area is 73.6 Å². The van der Waals surface area contributed by atoms with E-state index in [0.717, 1.165) is 5.92 Å². The number of hydrogen-bond donors (Lipinski definition) is 1. The molecule has 0 radical (unpaired) electrons. The summed E-state index contributed by atoms with van der Waals surface area (Å²) < 4.78 is 0. The average Bonchev–Trinajstić information content (AvgIpc) is 2.03. The average molecular weight is 161 g/mol. The molecule has 1 saturated carbocycles. The molecular weight excluding hydrogens is 146 g/mol. The van der Waals surface area contributed by atoms with Crippen LogP contribution in [0.15, 0.2) is 30.3 Å². The minimum Gasteiger partial charge on any atom is -0.324 e. The molecule has 1 aromatic rings. The molecule has 1 aromatic carbocycles. The fourth-order valence-corrected chi connectivity index (χ4v) is 1.75. The zero-order valence-corrected chi connectivity index (χ0v) is 7.24. The summed E-state index contributed by atoms with van der Waals surface area (Å²) in [5.41, 5.74) is 7.39. The Kier molecular flexibility index (Phi) is 2.13. The van der Waals surface area contributed by atoms with Crippen LogP contribution in [-0.2, 0) is 0 Å². The third-order valence-corrected chi connectivity index (χ3v) is 2.84. The van der Waals surface area contributed by atoms with E-state index in [1.807, 2.05) is 6.07 Å². The van der Waals surface area contributed by atoms with E-state index in [1.165, 1.54) is 24.8 Å². The maximum absolute atomic E-state index is 6.10. The molecule has 1 aliphatic rings. The molecule has 1 nitrogen and oxygen atoms in total. The van der Waals surface area contributed by atoms with E-state index in [1.54, 1.807) is 0 Å². The van der Waals surface area contributed by atoms with Crippen LogP contribution in [-0.4, -0.2) is 0 Å². The Morgan fingerprint density at radius 2 is 1.83 bits per heavy atom. The maximum atomic E-state index is 6.10. The first-order valence-electron chi connectivity index (χ1n) is 4.68. The van der Waals surface area contributed by atoms with Crippen LogP contribution in [0.4, 0.5) is 0 Å². The molecule has 0 spiro atoms. The fraction of sp³-hybridized carbons (Fsp3) is 0.455. The van der Waals surface area contributed by atoms with Crippen molar-refractivity contribution in [2.24, 2.45) is 11.7 Å². The highest BCUT2D eigenvalue weighted by molar-refractivity contribution is 5.19. The van der Waals surface area contributed by atoms with Gasteiger partial charge in [-0.15, -0.1) is 0 Å². The molecule has 1 aliphatic carbocycles. The van der Waals surface area contributed by atoms with Gasteiger partial charge in [0.25, 0.3) is 0 Å². The van der Waals surface area contributed by atoms with Crippen LogP contribution >= 0.6 is 0 Å². The lowest BCUT2D eigenvalue weighted by Crippen LogP contribution is -2.26. The summed E-state index contributed by atoms with van der Waals surface area (Å²) in [6, 6.07) is 10.7. The van der Waals surface area contributed by atoms with Gasteiger partial charge >= 0.3 is 0 Å². The lowest BCUT2D eigenvalue weighted by Gasteiger charge is -2.31. The van der Waals surface area contributed by atoms with E-state index in [9.17, 15) is 0 Å². The normalized spacial score (nSPS) is 20.1. The molecule has 1 heteroatoms. The fourth-order valence-electron chi connectivity index (χ4n) is 1.75. The van der Waals surface area contributed by atoms with Crippen molar-refractivity contribution in [3.63, 3.8) is 0 Å². The summed E-state index contributed by atoms with van der Waals surface area (Å²) >= 11 is 0. The van der Waals surface area contributed by atoms with Crippen molar-refractivity contribution in [1.82, 2.24) is 0 Å². The molecule has 0 saturated heterocycles. The van der Waals surface area contributed by atoms with Crippen molar-refractivity contribution in [3.8, 4) is 0 Å².